The highest BCUT2D eigenvalue weighted by Gasteiger charge is 2.43. The van der Waals surface area contributed by atoms with Gasteiger partial charge in [0.25, 0.3) is 11.7 Å². The van der Waals surface area contributed by atoms with E-state index in [4.69, 9.17) is 11.6 Å². The number of halogens is 4. The number of nitrogens with zero attached hydrogens (tertiary/aromatic N) is 1. The number of hydrogen-bond donors (Lipinski definition) is 0. The molecule has 0 fully saturated rings. The first-order chi connectivity index (χ1) is 7.81. The number of Topliss-reactive ketones (excluding diaryl/α,β-unsaturated/α-hetero) is 1. The largest absolute Gasteiger partial charge is 0.406 e. The van der Waals surface area contributed by atoms with Crippen molar-refractivity contribution in [2.75, 3.05) is 11.4 Å². The van der Waals surface area contributed by atoms with Crippen molar-refractivity contribution in [1.29, 1.82) is 0 Å². The lowest BCUT2D eigenvalue weighted by molar-refractivity contribution is -0.129. The van der Waals surface area contributed by atoms with Gasteiger partial charge in [-0.1, -0.05) is 17.7 Å². The van der Waals surface area contributed by atoms with Crippen molar-refractivity contribution in [3.8, 4) is 0 Å². The van der Waals surface area contributed by atoms with Gasteiger partial charge in [0.15, 0.2) is 0 Å². The number of amides is 1. The summed E-state index contributed by atoms with van der Waals surface area (Å²) in [6.07, 6.45) is -4.59. The van der Waals surface area contributed by atoms with Crippen LogP contribution in [0.5, 0.6) is 0 Å². The van der Waals surface area contributed by atoms with Crippen LogP contribution in [0.2, 0.25) is 5.02 Å². The van der Waals surface area contributed by atoms with E-state index >= 15 is 0 Å². The fraction of sp³-hybridized carbons (Fsp3) is 0.200. The lowest BCUT2D eigenvalue weighted by Gasteiger charge is -2.19. The molecule has 1 aromatic carbocycles. The molecule has 0 atom stereocenters. The molecule has 0 radical (unpaired) electrons. The topological polar surface area (TPSA) is 37.4 Å². The number of para-hydroxylation sites is 1. The van der Waals surface area contributed by atoms with Crippen molar-refractivity contribution in [3.63, 3.8) is 0 Å². The van der Waals surface area contributed by atoms with Crippen molar-refractivity contribution < 1.29 is 22.8 Å². The van der Waals surface area contributed by atoms with Crippen molar-refractivity contribution >= 4 is 29.0 Å². The molecule has 1 aromatic rings. The Kier molecular flexibility index (Phi) is 2.61. The smallest absolute Gasteiger partial charge is 0.294 e. The fourth-order valence-corrected chi connectivity index (χ4v) is 1.92. The second-order valence-electron chi connectivity index (χ2n) is 3.47. The highest BCUT2D eigenvalue weighted by atomic mass is 35.5. The Bertz CT molecular complexity index is 513. The van der Waals surface area contributed by atoms with E-state index in [0.29, 0.717) is 4.90 Å². The van der Waals surface area contributed by atoms with Gasteiger partial charge in [-0.15, -0.1) is 0 Å². The second-order valence-corrected chi connectivity index (χ2v) is 3.88. The number of carbonyl (C=O) groups is 2. The molecule has 1 aliphatic heterocycles. The molecule has 1 heterocycles. The molecule has 17 heavy (non-hydrogen) atoms. The van der Waals surface area contributed by atoms with Gasteiger partial charge < -0.3 is 0 Å². The number of alkyl halides is 3. The standard InChI is InChI=1S/C10H5ClF3NO2/c11-6-3-1-2-5-7(6)15(4-10(12,13)14)9(17)8(5)16/h1-3H,4H2. The zero-order chi connectivity index (χ0) is 12.8. The minimum absolute atomic E-state index is 0.0500. The third-order valence-corrected chi connectivity index (χ3v) is 2.58. The van der Waals surface area contributed by atoms with Crippen molar-refractivity contribution in [1.82, 2.24) is 0 Å². The molecule has 0 N–H and O–H groups in total. The van der Waals surface area contributed by atoms with Gasteiger partial charge in [0.1, 0.15) is 6.54 Å². The molecule has 1 amide bonds. The van der Waals surface area contributed by atoms with Gasteiger partial charge in [0.2, 0.25) is 0 Å². The molecular formula is C10H5ClF3NO2. The lowest BCUT2D eigenvalue weighted by Crippen LogP contribution is -2.38. The van der Waals surface area contributed by atoms with Crippen LogP contribution >= 0.6 is 11.6 Å². The summed E-state index contributed by atoms with van der Waals surface area (Å²) in [5.74, 6) is -2.17. The molecule has 0 saturated heterocycles. The summed E-state index contributed by atoms with van der Waals surface area (Å²) < 4.78 is 36.9. The van der Waals surface area contributed by atoms with Gasteiger partial charge in [-0.25, -0.2) is 0 Å². The average molecular weight is 264 g/mol. The highest BCUT2D eigenvalue weighted by molar-refractivity contribution is 6.54. The molecule has 1 aliphatic rings. The Morgan fingerprint density at radius 1 is 1.24 bits per heavy atom. The SMILES string of the molecule is O=C1C(=O)N(CC(F)(F)F)c2c(Cl)cccc21. The average Bonchev–Trinajstić information content (AvgIpc) is 2.43. The second kappa shape index (κ2) is 3.73. The Morgan fingerprint density at radius 3 is 2.47 bits per heavy atom. The molecule has 7 heteroatoms. The Hall–Kier alpha value is -1.56. The van der Waals surface area contributed by atoms with Gasteiger partial charge >= 0.3 is 6.18 Å². The van der Waals surface area contributed by atoms with E-state index in [2.05, 4.69) is 0 Å². The van der Waals surface area contributed by atoms with Gasteiger partial charge in [0.05, 0.1) is 16.3 Å². The Balaban J connectivity index is 2.51. The minimum atomic E-state index is -4.59. The van der Waals surface area contributed by atoms with E-state index in [1.807, 2.05) is 0 Å². The maximum Gasteiger partial charge on any atom is 0.406 e. The molecule has 0 aromatic heterocycles. The molecule has 0 saturated carbocycles. The molecule has 0 bridgehead atoms. The zero-order valence-electron chi connectivity index (χ0n) is 8.21. The summed E-state index contributed by atoms with van der Waals surface area (Å²) in [6.45, 7) is -1.52. The van der Waals surface area contributed by atoms with Crippen LogP contribution in [-0.2, 0) is 4.79 Å². The first kappa shape index (κ1) is 11.9. The van der Waals surface area contributed by atoms with E-state index < -0.39 is 24.4 Å². The zero-order valence-corrected chi connectivity index (χ0v) is 8.97. The number of ketones is 1. The van der Waals surface area contributed by atoms with Crippen molar-refractivity contribution in [2.24, 2.45) is 0 Å². The Labute approximate surface area is 98.8 Å². The molecule has 0 spiro atoms. The van der Waals surface area contributed by atoms with Crippen LogP contribution in [0.3, 0.4) is 0 Å². The highest BCUT2D eigenvalue weighted by Crippen LogP contribution is 2.37. The third-order valence-electron chi connectivity index (χ3n) is 2.28. The first-order valence-electron chi connectivity index (χ1n) is 4.53. The summed E-state index contributed by atoms with van der Waals surface area (Å²) in [5, 5.41) is -0.0500. The molecule has 0 aliphatic carbocycles. The summed E-state index contributed by atoms with van der Waals surface area (Å²) in [7, 11) is 0. The normalized spacial score (nSPS) is 15.4. The van der Waals surface area contributed by atoms with Crippen LogP contribution in [0.4, 0.5) is 18.9 Å². The van der Waals surface area contributed by atoms with Crippen molar-refractivity contribution in [2.45, 2.75) is 6.18 Å². The van der Waals surface area contributed by atoms with Gasteiger partial charge in [0, 0.05) is 0 Å². The number of rotatable bonds is 1. The summed E-state index contributed by atoms with van der Waals surface area (Å²) in [5.41, 5.74) is -0.256. The number of carbonyl (C=O) groups excluding carboxylic acids is 2. The molecular weight excluding hydrogens is 259 g/mol. The monoisotopic (exact) mass is 263 g/mol. The van der Waals surface area contributed by atoms with Crippen LogP contribution < -0.4 is 4.90 Å². The summed E-state index contributed by atoms with van der Waals surface area (Å²) >= 11 is 5.71. The number of anilines is 1. The molecule has 3 nitrogen and oxygen atoms in total. The van der Waals surface area contributed by atoms with Gasteiger partial charge in [-0.05, 0) is 12.1 Å². The van der Waals surface area contributed by atoms with Crippen LogP contribution in [0.15, 0.2) is 18.2 Å². The maximum absolute atomic E-state index is 12.3. The lowest BCUT2D eigenvalue weighted by atomic mass is 10.1. The predicted molar refractivity (Wildman–Crippen MR) is 54.2 cm³/mol. The van der Waals surface area contributed by atoms with Crippen LogP contribution in [0, 0.1) is 0 Å². The van der Waals surface area contributed by atoms with E-state index in [1.54, 1.807) is 0 Å². The number of benzene rings is 1. The van der Waals surface area contributed by atoms with Crippen LogP contribution in [-0.4, -0.2) is 24.4 Å². The van der Waals surface area contributed by atoms with Crippen LogP contribution in [0.1, 0.15) is 10.4 Å². The minimum Gasteiger partial charge on any atom is -0.294 e. The fourth-order valence-electron chi connectivity index (χ4n) is 1.64. The van der Waals surface area contributed by atoms with Gasteiger partial charge in [-0.3, -0.25) is 14.5 Å². The van der Waals surface area contributed by atoms with Crippen LogP contribution in [0.25, 0.3) is 0 Å². The third kappa shape index (κ3) is 2.00. The predicted octanol–water partition coefficient (Wildman–Crippen LogP) is 2.43. The van der Waals surface area contributed by atoms with Crippen molar-refractivity contribution in [3.05, 3.63) is 28.8 Å². The molecule has 90 valence electrons. The summed E-state index contributed by atoms with van der Waals surface area (Å²) in [6, 6.07) is 4.01. The van der Waals surface area contributed by atoms with E-state index in [1.165, 1.54) is 18.2 Å². The van der Waals surface area contributed by atoms with Gasteiger partial charge in [-0.2, -0.15) is 13.2 Å². The summed E-state index contributed by atoms with van der Waals surface area (Å²) in [4.78, 5) is 23.2. The first-order valence-corrected chi connectivity index (χ1v) is 4.90. The van der Waals surface area contributed by atoms with E-state index in [-0.39, 0.29) is 16.3 Å². The maximum atomic E-state index is 12.3. The Morgan fingerprint density at radius 2 is 1.88 bits per heavy atom. The van der Waals surface area contributed by atoms with E-state index in [0.717, 1.165) is 0 Å². The number of fused-ring (bicyclic) bond motifs is 1. The molecule has 2 rings (SSSR count). The van der Waals surface area contributed by atoms with E-state index in [9.17, 15) is 22.8 Å². The molecule has 0 unspecified atom stereocenters. The quantitative estimate of drug-likeness (QED) is 0.730. The number of hydrogen-bond acceptors (Lipinski definition) is 2.